The van der Waals surface area contributed by atoms with Gasteiger partial charge in [-0.15, -0.1) is 0 Å². The number of hydrogen-bond donors (Lipinski definition) is 2. The van der Waals surface area contributed by atoms with Crippen LogP contribution in [0.25, 0.3) is 0 Å². The number of carbonyl (C=O) groups excluding carboxylic acids is 1. The highest BCUT2D eigenvalue weighted by molar-refractivity contribution is 14.1. The fourth-order valence-electron chi connectivity index (χ4n) is 0.896. The Balaban J connectivity index is 4.17. The number of amides is 1. The Morgan fingerprint density at radius 1 is 1.57 bits per heavy atom. The topological polar surface area (TPSA) is 82.8 Å². The van der Waals surface area contributed by atoms with Gasteiger partial charge in [-0.3, -0.25) is 7.86 Å². The second kappa shape index (κ2) is 8.36. The summed E-state index contributed by atoms with van der Waals surface area (Å²) in [5.41, 5.74) is 5.16. The number of halogens is 1. The maximum Gasteiger partial charge on any atom is 0.234 e. The van der Waals surface area contributed by atoms with Crippen LogP contribution in [0, 0.1) is 0 Å². The van der Waals surface area contributed by atoms with Gasteiger partial charge >= 0.3 is 0 Å². The van der Waals surface area contributed by atoms with Crippen LogP contribution in [0.5, 0.6) is 0 Å². The van der Waals surface area contributed by atoms with Crippen molar-refractivity contribution in [2.75, 3.05) is 27.4 Å². The van der Waals surface area contributed by atoms with Crippen LogP contribution in [0.2, 0.25) is 0 Å². The number of rotatable bonds is 7. The van der Waals surface area contributed by atoms with Crippen molar-refractivity contribution in [3.8, 4) is 0 Å². The molecule has 0 rings (SSSR count). The summed E-state index contributed by atoms with van der Waals surface area (Å²) < 4.78 is 14.9. The average molecular weight is 318 g/mol. The molecule has 84 valence electrons. The second-order valence-electron chi connectivity index (χ2n) is 2.53. The first kappa shape index (κ1) is 14.0. The summed E-state index contributed by atoms with van der Waals surface area (Å²) in [6.45, 7) is 0.227. The summed E-state index contributed by atoms with van der Waals surface area (Å²) in [5, 5.41) is 2.63. The highest BCUT2D eigenvalue weighted by atomic mass is 127. The minimum absolute atomic E-state index is 0.0715. The highest BCUT2D eigenvalue weighted by Gasteiger charge is 2.22. The highest BCUT2D eigenvalue weighted by Crippen LogP contribution is 2.05. The molecule has 0 spiro atoms. The normalized spacial score (nSPS) is 14.9. The van der Waals surface area contributed by atoms with Gasteiger partial charge < -0.3 is 20.5 Å². The number of nitrogens with two attached hydrogens (primary N) is 1. The van der Waals surface area contributed by atoms with Crippen molar-refractivity contribution in [1.29, 1.82) is 0 Å². The minimum atomic E-state index is -0.550. The van der Waals surface area contributed by atoms with E-state index in [1.165, 1.54) is 14.2 Å². The third-order valence-corrected chi connectivity index (χ3v) is 2.03. The van der Waals surface area contributed by atoms with E-state index in [0.717, 1.165) is 0 Å². The molecule has 0 bridgehead atoms. The van der Waals surface area contributed by atoms with Crippen LogP contribution in [-0.2, 0) is 17.3 Å². The smallest absolute Gasteiger partial charge is 0.234 e. The summed E-state index contributed by atoms with van der Waals surface area (Å²) in [7, 11) is 3.02. The van der Waals surface area contributed by atoms with Crippen LogP contribution >= 0.6 is 23.0 Å². The van der Waals surface area contributed by atoms with E-state index in [4.69, 9.17) is 18.3 Å². The predicted octanol–water partition coefficient (Wildman–Crippen LogP) is -0.585. The van der Waals surface area contributed by atoms with Crippen molar-refractivity contribution in [2.24, 2.45) is 5.73 Å². The molecule has 0 aromatic heterocycles. The molecular formula is C7H15IN2O4. The van der Waals surface area contributed by atoms with Gasteiger partial charge in [-0.2, -0.15) is 0 Å². The molecule has 2 unspecified atom stereocenters. The van der Waals surface area contributed by atoms with Gasteiger partial charge in [0.2, 0.25) is 5.91 Å². The molecule has 0 aliphatic carbocycles. The lowest BCUT2D eigenvalue weighted by Crippen LogP contribution is -2.49. The van der Waals surface area contributed by atoms with Gasteiger partial charge in [-0.05, 0) is 0 Å². The molecule has 0 radical (unpaired) electrons. The predicted molar refractivity (Wildman–Crippen MR) is 58.8 cm³/mol. The van der Waals surface area contributed by atoms with E-state index in [1.54, 1.807) is 23.0 Å². The van der Waals surface area contributed by atoms with Crippen LogP contribution in [0.15, 0.2) is 0 Å². The maximum atomic E-state index is 11.0. The summed E-state index contributed by atoms with van der Waals surface area (Å²) >= 11 is 1.70. The summed E-state index contributed by atoms with van der Waals surface area (Å²) in [6.07, 6.45) is -0.550. The molecule has 0 heterocycles. The standard InChI is InChI=1S/C7H15IN2O4/c1-12-4-5(7(13-2)14-8)10-6(11)3-9/h5,7H,3-4,9H2,1-2H3,(H,10,11). The molecule has 6 nitrogen and oxygen atoms in total. The zero-order valence-corrected chi connectivity index (χ0v) is 10.3. The lowest BCUT2D eigenvalue weighted by Gasteiger charge is -2.23. The fourth-order valence-corrected chi connectivity index (χ4v) is 1.46. The molecule has 7 heteroatoms. The van der Waals surface area contributed by atoms with Crippen LogP contribution in [0.4, 0.5) is 0 Å². The number of carbonyl (C=O) groups is 1. The second-order valence-corrected chi connectivity index (χ2v) is 3.04. The largest absolute Gasteiger partial charge is 0.382 e. The van der Waals surface area contributed by atoms with Crippen molar-refractivity contribution in [3.05, 3.63) is 0 Å². The Hall–Kier alpha value is 0.0400. The van der Waals surface area contributed by atoms with Gasteiger partial charge in [0, 0.05) is 14.2 Å². The summed E-state index contributed by atoms with van der Waals surface area (Å²) in [6, 6.07) is -0.363. The van der Waals surface area contributed by atoms with Crippen molar-refractivity contribution >= 4 is 28.9 Å². The maximum absolute atomic E-state index is 11.0. The number of methoxy groups -OCH3 is 2. The first-order valence-electron chi connectivity index (χ1n) is 3.98. The SMILES string of the molecule is COCC(NC(=O)CN)C(OC)OI. The summed E-state index contributed by atoms with van der Waals surface area (Å²) in [5.74, 6) is -0.275. The molecule has 0 saturated carbocycles. The number of hydrogen-bond acceptors (Lipinski definition) is 5. The lowest BCUT2D eigenvalue weighted by molar-refractivity contribution is -0.125. The first-order valence-corrected chi connectivity index (χ1v) is 4.86. The van der Waals surface area contributed by atoms with E-state index in [9.17, 15) is 4.79 Å². The Labute approximate surface area is 97.1 Å². The Morgan fingerprint density at radius 3 is 2.57 bits per heavy atom. The van der Waals surface area contributed by atoms with Gasteiger partial charge in [-0.25, -0.2) is 0 Å². The Kier molecular flexibility index (Phi) is 8.38. The van der Waals surface area contributed by atoms with Crippen molar-refractivity contribution in [1.82, 2.24) is 5.32 Å². The summed E-state index contributed by atoms with van der Waals surface area (Å²) in [4.78, 5) is 11.0. The zero-order chi connectivity index (χ0) is 11.0. The average Bonchev–Trinajstić information content (AvgIpc) is 2.19. The Bertz CT molecular complexity index is 166. The lowest BCUT2D eigenvalue weighted by atomic mass is 10.3. The van der Waals surface area contributed by atoms with Crippen LogP contribution in [-0.4, -0.2) is 45.6 Å². The fraction of sp³-hybridized carbons (Fsp3) is 0.857. The van der Waals surface area contributed by atoms with Gasteiger partial charge in [0.25, 0.3) is 0 Å². The zero-order valence-electron chi connectivity index (χ0n) is 8.16. The molecule has 1 amide bonds. The first-order chi connectivity index (χ1) is 6.69. The van der Waals surface area contributed by atoms with Crippen molar-refractivity contribution < 1.29 is 17.3 Å². The van der Waals surface area contributed by atoms with Crippen LogP contribution in [0.1, 0.15) is 0 Å². The Morgan fingerprint density at radius 2 is 2.21 bits per heavy atom. The van der Waals surface area contributed by atoms with Crippen LogP contribution in [0.3, 0.4) is 0 Å². The van der Waals surface area contributed by atoms with E-state index < -0.39 is 6.29 Å². The van der Waals surface area contributed by atoms with E-state index in [1.807, 2.05) is 0 Å². The minimum Gasteiger partial charge on any atom is -0.382 e. The quantitative estimate of drug-likeness (QED) is 0.485. The molecule has 0 aliphatic heterocycles. The molecule has 0 aromatic rings. The van der Waals surface area contributed by atoms with Gasteiger partial charge in [0.1, 0.15) is 29.0 Å². The number of ether oxygens (including phenoxy) is 2. The van der Waals surface area contributed by atoms with Gasteiger partial charge in [0.15, 0.2) is 6.29 Å². The third-order valence-electron chi connectivity index (χ3n) is 1.53. The molecular weight excluding hydrogens is 303 g/mol. The molecule has 3 N–H and O–H groups in total. The molecule has 14 heavy (non-hydrogen) atoms. The monoisotopic (exact) mass is 318 g/mol. The number of nitrogens with one attached hydrogen (secondary N) is 1. The van der Waals surface area contributed by atoms with Gasteiger partial charge in [0.05, 0.1) is 13.2 Å². The molecule has 0 saturated heterocycles. The molecule has 0 aliphatic rings. The van der Waals surface area contributed by atoms with E-state index in [0.29, 0.717) is 6.61 Å². The van der Waals surface area contributed by atoms with Gasteiger partial charge in [-0.1, -0.05) is 0 Å². The van der Waals surface area contributed by atoms with Crippen molar-refractivity contribution in [2.45, 2.75) is 12.3 Å². The molecule has 2 atom stereocenters. The molecule has 0 aromatic carbocycles. The molecule has 0 fully saturated rings. The van der Waals surface area contributed by atoms with Crippen LogP contribution < -0.4 is 11.1 Å². The van der Waals surface area contributed by atoms with E-state index in [2.05, 4.69) is 5.32 Å². The van der Waals surface area contributed by atoms with E-state index >= 15 is 0 Å². The third kappa shape index (κ3) is 5.05. The van der Waals surface area contributed by atoms with E-state index in [-0.39, 0.29) is 18.5 Å². The van der Waals surface area contributed by atoms with Crippen molar-refractivity contribution in [3.63, 3.8) is 0 Å².